The van der Waals surface area contributed by atoms with Gasteiger partial charge in [-0.15, -0.1) is 0 Å². The standard InChI is InChI=1S/C29H22ClN7O2/c30-18-5-6-20-21(8-9-32-24(20)12-18)35-19-3-1-2-16(10-19)23-13-22(17-4-7-25-26(11-17)39-15-38-25)36-27-28(31)33-14-34-29(27)37-23/h1-12,14,23H,13,15H2,(H,32,35)(H3,31,33,34,37). The van der Waals surface area contributed by atoms with Gasteiger partial charge in [-0.05, 0) is 65.7 Å². The molecular formula is C29H22ClN7O2. The number of rotatable bonds is 4. The average molecular weight is 536 g/mol. The van der Waals surface area contributed by atoms with Crippen molar-refractivity contribution in [3.05, 3.63) is 95.4 Å². The molecule has 0 fully saturated rings. The number of pyridine rings is 1. The molecule has 4 N–H and O–H groups in total. The van der Waals surface area contributed by atoms with Crippen molar-refractivity contribution < 1.29 is 9.47 Å². The lowest BCUT2D eigenvalue weighted by Gasteiger charge is -2.20. The lowest BCUT2D eigenvalue weighted by Crippen LogP contribution is -2.15. The first-order valence-corrected chi connectivity index (χ1v) is 12.7. The Morgan fingerprint density at radius 1 is 0.949 bits per heavy atom. The second-order valence-corrected chi connectivity index (χ2v) is 9.69. The molecule has 0 aliphatic carbocycles. The van der Waals surface area contributed by atoms with E-state index in [2.05, 4.69) is 37.7 Å². The van der Waals surface area contributed by atoms with Crippen LogP contribution in [0, 0.1) is 0 Å². The van der Waals surface area contributed by atoms with E-state index in [0.29, 0.717) is 34.5 Å². The molecule has 39 heavy (non-hydrogen) atoms. The Labute approximate surface area is 228 Å². The smallest absolute Gasteiger partial charge is 0.231 e. The predicted molar refractivity (Wildman–Crippen MR) is 153 cm³/mol. The van der Waals surface area contributed by atoms with E-state index in [-0.39, 0.29) is 12.8 Å². The lowest BCUT2D eigenvalue weighted by atomic mass is 9.96. The molecule has 2 aromatic heterocycles. The molecule has 10 heteroatoms. The maximum absolute atomic E-state index is 6.22. The first-order valence-electron chi connectivity index (χ1n) is 12.4. The Morgan fingerprint density at radius 3 is 2.82 bits per heavy atom. The molecule has 2 aliphatic rings. The number of fused-ring (bicyclic) bond motifs is 3. The molecular weight excluding hydrogens is 514 g/mol. The SMILES string of the molecule is Nc1ncnc2c1N=C(c1ccc3c(c1)OCO3)CC(c1cccc(Nc3ccnc4cc(Cl)ccc34)c1)N2. The Bertz CT molecular complexity index is 1770. The van der Waals surface area contributed by atoms with E-state index in [1.165, 1.54) is 6.33 Å². The van der Waals surface area contributed by atoms with Crippen molar-refractivity contribution in [2.24, 2.45) is 4.99 Å². The third kappa shape index (κ3) is 4.42. The zero-order chi connectivity index (χ0) is 26.3. The maximum Gasteiger partial charge on any atom is 0.231 e. The van der Waals surface area contributed by atoms with Crippen LogP contribution in [0.25, 0.3) is 10.9 Å². The molecule has 7 rings (SSSR count). The summed E-state index contributed by atoms with van der Waals surface area (Å²) in [5.74, 6) is 2.30. The number of hydrogen-bond acceptors (Lipinski definition) is 9. The summed E-state index contributed by atoms with van der Waals surface area (Å²) >= 11 is 6.17. The summed E-state index contributed by atoms with van der Waals surface area (Å²) in [6.07, 6.45) is 3.79. The summed E-state index contributed by atoms with van der Waals surface area (Å²) in [6.45, 7) is 0.207. The molecule has 1 atom stereocenters. The highest BCUT2D eigenvalue weighted by atomic mass is 35.5. The topological polar surface area (TPSA) is 120 Å². The van der Waals surface area contributed by atoms with Gasteiger partial charge in [0.1, 0.15) is 12.0 Å². The van der Waals surface area contributed by atoms with Crippen LogP contribution in [0.3, 0.4) is 0 Å². The van der Waals surface area contributed by atoms with Crippen LogP contribution in [0.2, 0.25) is 5.02 Å². The van der Waals surface area contributed by atoms with Crippen LogP contribution < -0.4 is 25.8 Å². The summed E-state index contributed by atoms with van der Waals surface area (Å²) < 4.78 is 11.1. The quantitative estimate of drug-likeness (QED) is 0.241. The van der Waals surface area contributed by atoms with Gasteiger partial charge in [0.25, 0.3) is 0 Å². The van der Waals surface area contributed by atoms with Crippen molar-refractivity contribution in [1.82, 2.24) is 15.0 Å². The van der Waals surface area contributed by atoms with Crippen molar-refractivity contribution >= 4 is 56.9 Å². The molecule has 5 aromatic rings. The molecule has 0 saturated carbocycles. The van der Waals surface area contributed by atoms with Gasteiger partial charge < -0.3 is 25.8 Å². The second-order valence-electron chi connectivity index (χ2n) is 9.25. The molecule has 2 aliphatic heterocycles. The zero-order valence-corrected chi connectivity index (χ0v) is 21.3. The average Bonchev–Trinajstić information content (AvgIpc) is 3.32. The highest BCUT2D eigenvalue weighted by Crippen LogP contribution is 2.39. The van der Waals surface area contributed by atoms with Gasteiger partial charge in [0, 0.05) is 34.4 Å². The monoisotopic (exact) mass is 535 g/mol. The summed E-state index contributed by atoms with van der Waals surface area (Å²) in [4.78, 5) is 18.0. The normalized spacial score (nSPS) is 15.7. The van der Waals surface area contributed by atoms with Crippen LogP contribution in [-0.4, -0.2) is 27.5 Å². The number of aromatic nitrogens is 3. The number of halogens is 1. The highest BCUT2D eigenvalue weighted by molar-refractivity contribution is 6.31. The van der Waals surface area contributed by atoms with Crippen molar-refractivity contribution in [3.63, 3.8) is 0 Å². The first kappa shape index (κ1) is 23.2. The molecule has 1 unspecified atom stereocenters. The van der Waals surface area contributed by atoms with Crippen LogP contribution in [-0.2, 0) is 0 Å². The second kappa shape index (κ2) is 9.45. The zero-order valence-electron chi connectivity index (χ0n) is 20.6. The largest absolute Gasteiger partial charge is 0.454 e. The molecule has 0 amide bonds. The molecule has 192 valence electrons. The molecule has 0 radical (unpaired) electrons. The Hall–Kier alpha value is -4.89. The van der Waals surface area contributed by atoms with Gasteiger partial charge in [0.05, 0.1) is 17.3 Å². The van der Waals surface area contributed by atoms with Gasteiger partial charge in [0.2, 0.25) is 6.79 Å². The number of ether oxygens (including phenoxy) is 2. The van der Waals surface area contributed by atoms with Gasteiger partial charge in [-0.25, -0.2) is 15.0 Å². The minimum atomic E-state index is -0.139. The summed E-state index contributed by atoms with van der Waals surface area (Å²) in [7, 11) is 0. The highest BCUT2D eigenvalue weighted by Gasteiger charge is 2.25. The lowest BCUT2D eigenvalue weighted by molar-refractivity contribution is 0.174. The summed E-state index contributed by atoms with van der Waals surface area (Å²) in [5.41, 5.74) is 12.2. The van der Waals surface area contributed by atoms with Crippen LogP contribution >= 0.6 is 11.6 Å². The molecule has 0 saturated heterocycles. The predicted octanol–water partition coefficient (Wildman–Crippen LogP) is 6.41. The van der Waals surface area contributed by atoms with Crippen LogP contribution in [0.5, 0.6) is 11.5 Å². The van der Waals surface area contributed by atoms with Crippen molar-refractivity contribution in [1.29, 1.82) is 0 Å². The van der Waals surface area contributed by atoms with Gasteiger partial charge in [-0.3, -0.25) is 4.98 Å². The Kier molecular flexibility index (Phi) is 5.63. The fourth-order valence-electron chi connectivity index (χ4n) is 4.88. The van der Waals surface area contributed by atoms with E-state index in [1.807, 2.05) is 54.6 Å². The minimum absolute atomic E-state index is 0.139. The van der Waals surface area contributed by atoms with E-state index in [4.69, 9.17) is 31.8 Å². The molecule has 3 aromatic carbocycles. The van der Waals surface area contributed by atoms with Gasteiger partial charge >= 0.3 is 0 Å². The number of hydrogen-bond donors (Lipinski definition) is 3. The van der Waals surface area contributed by atoms with Gasteiger partial charge in [-0.2, -0.15) is 0 Å². The van der Waals surface area contributed by atoms with Gasteiger partial charge in [0.15, 0.2) is 23.1 Å². The van der Waals surface area contributed by atoms with Crippen LogP contribution in [0.1, 0.15) is 23.6 Å². The van der Waals surface area contributed by atoms with Crippen LogP contribution in [0.15, 0.2) is 84.2 Å². The third-order valence-corrected chi connectivity index (χ3v) is 7.02. The molecule has 0 bridgehead atoms. The first-order chi connectivity index (χ1) is 19.1. The minimum Gasteiger partial charge on any atom is -0.454 e. The van der Waals surface area contributed by atoms with Crippen molar-refractivity contribution in [2.75, 3.05) is 23.2 Å². The Balaban J connectivity index is 1.25. The van der Waals surface area contributed by atoms with Crippen molar-refractivity contribution in [3.8, 4) is 11.5 Å². The van der Waals surface area contributed by atoms with E-state index >= 15 is 0 Å². The van der Waals surface area contributed by atoms with E-state index in [1.54, 1.807) is 6.20 Å². The fourth-order valence-corrected chi connectivity index (χ4v) is 5.04. The summed E-state index contributed by atoms with van der Waals surface area (Å²) in [6, 6.07) is 21.6. The maximum atomic E-state index is 6.22. The number of nitrogens with zero attached hydrogens (tertiary/aromatic N) is 4. The number of nitrogen functional groups attached to an aromatic ring is 1. The number of anilines is 4. The third-order valence-electron chi connectivity index (χ3n) is 6.78. The number of benzene rings is 3. The van der Waals surface area contributed by atoms with Gasteiger partial charge in [-0.1, -0.05) is 23.7 Å². The molecule has 4 heterocycles. The number of aliphatic imine (C=N–C) groups is 1. The number of nitrogens with one attached hydrogen (secondary N) is 2. The summed E-state index contributed by atoms with van der Waals surface area (Å²) in [5, 5.41) is 8.72. The molecule has 9 nitrogen and oxygen atoms in total. The number of nitrogens with two attached hydrogens (primary N) is 1. The van der Waals surface area contributed by atoms with E-state index in [9.17, 15) is 0 Å². The van der Waals surface area contributed by atoms with E-state index in [0.717, 1.165) is 44.9 Å². The fraction of sp³-hybridized carbons (Fsp3) is 0.103. The van der Waals surface area contributed by atoms with Crippen molar-refractivity contribution in [2.45, 2.75) is 12.5 Å². The van der Waals surface area contributed by atoms with Crippen LogP contribution in [0.4, 0.5) is 28.7 Å². The van der Waals surface area contributed by atoms with E-state index < -0.39 is 0 Å². The Morgan fingerprint density at radius 2 is 1.87 bits per heavy atom. The molecule has 0 spiro atoms.